The lowest BCUT2D eigenvalue weighted by molar-refractivity contribution is 0.0696. The van der Waals surface area contributed by atoms with Crippen molar-refractivity contribution in [1.29, 1.82) is 0 Å². The molecule has 0 atom stereocenters. The number of nitrogens with one attached hydrogen (secondary N) is 1. The molecule has 6 nitrogen and oxygen atoms in total. The molecular formula is C11H10N4O2. The third kappa shape index (κ3) is 2.75. The molecule has 0 unspecified atom stereocenters. The summed E-state index contributed by atoms with van der Waals surface area (Å²) >= 11 is 0. The van der Waals surface area contributed by atoms with Gasteiger partial charge in [0.05, 0.1) is 5.56 Å². The van der Waals surface area contributed by atoms with Gasteiger partial charge in [0.25, 0.3) is 0 Å². The van der Waals surface area contributed by atoms with Gasteiger partial charge in [-0.25, -0.2) is 19.7 Å². The summed E-state index contributed by atoms with van der Waals surface area (Å²) in [5.41, 5.74) is 1.11. The van der Waals surface area contributed by atoms with Crippen LogP contribution < -0.4 is 5.32 Å². The Kier molecular flexibility index (Phi) is 2.95. The molecule has 0 radical (unpaired) electrons. The Hall–Kier alpha value is -2.50. The normalized spacial score (nSPS) is 9.94. The van der Waals surface area contributed by atoms with Crippen molar-refractivity contribution in [2.75, 3.05) is 5.32 Å². The standard InChI is InChI=1S/C11H10N4O2/c1-7-2-3-12-9(4-7)15-11-13-5-8(6-14-11)10(16)17/h2-6H,1H3,(H,16,17)(H,12,13,14,15). The Labute approximate surface area is 97.4 Å². The molecule has 0 aromatic carbocycles. The van der Waals surface area contributed by atoms with Crippen LogP contribution in [0.25, 0.3) is 0 Å². The number of aryl methyl sites for hydroxylation is 1. The van der Waals surface area contributed by atoms with E-state index in [0.29, 0.717) is 11.8 Å². The van der Waals surface area contributed by atoms with E-state index in [1.54, 1.807) is 6.20 Å². The molecule has 0 saturated heterocycles. The molecule has 2 aromatic rings. The lowest BCUT2D eigenvalue weighted by atomic mass is 10.3. The number of carboxylic acid groups (broad SMARTS) is 1. The van der Waals surface area contributed by atoms with Crippen LogP contribution in [0.4, 0.5) is 11.8 Å². The monoisotopic (exact) mass is 230 g/mol. The average molecular weight is 230 g/mol. The van der Waals surface area contributed by atoms with Crippen molar-refractivity contribution in [3.63, 3.8) is 0 Å². The number of nitrogens with zero attached hydrogens (tertiary/aromatic N) is 3. The number of carboxylic acids is 1. The van der Waals surface area contributed by atoms with Gasteiger partial charge in [0.2, 0.25) is 5.95 Å². The van der Waals surface area contributed by atoms with Gasteiger partial charge >= 0.3 is 5.97 Å². The number of anilines is 2. The van der Waals surface area contributed by atoms with Crippen molar-refractivity contribution in [3.05, 3.63) is 41.9 Å². The second-order valence-electron chi connectivity index (χ2n) is 3.44. The van der Waals surface area contributed by atoms with Gasteiger partial charge in [-0.15, -0.1) is 0 Å². The number of aromatic carboxylic acids is 1. The van der Waals surface area contributed by atoms with Crippen molar-refractivity contribution in [1.82, 2.24) is 15.0 Å². The Balaban J connectivity index is 2.16. The molecular weight excluding hydrogens is 220 g/mol. The second kappa shape index (κ2) is 4.56. The van der Waals surface area contributed by atoms with Gasteiger partial charge in [-0.2, -0.15) is 0 Å². The SMILES string of the molecule is Cc1ccnc(Nc2ncc(C(=O)O)cn2)c1. The number of aromatic nitrogens is 3. The number of carbonyl (C=O) groups is 1. The van der Waals surface area contributed by atoms with Crippen LogP contribution in [-0.4, -0.2) is 26.0 Å². The highest BCUT2D eigenvalue weighted by Gasteiger charge is 2.04. The lowest BCUT2D eigenvalue weighted by Gasteiger charge is -2.03. The third-order valence-electron chi connectivity index (χ3n) is 2.05. The maximum absolute atomic E-state index is 10.6. The quantitative estimate of drug-likeness (QED) is 0.833. The summed E-state index contributed by atoms with van der Waals surface area (Å²) in [6.45, 7) is 1.95. The highest BCUT2D eigenvalue weighted by molar-refractivity contribution is 5.86. The molecule has 0 aliphatic heterocycles. The summed E-state index contributed by atoms with van der Waals surface area (Å²) in [5.74, 6) is -0.119. The maximum atomic E-state index is 10.6. The zero-order chi connectivity index (χ0) is 12.3. The topological polar surface area (TPSA) is 88.0 Å². The van der Waals surface area contributed by atoms with Crippen LogP contribution in [-0.2, 0) is 0 Å². The largest absolute Gasteiger partial charge is 0.478 e. The molecule has 2 heterocycles. The van der Waals surface area contributed by atoms with Crippen molar-refractivity contribution in [2.24, 2.45) is 0 Å². The Morgan fingerprint density at radius 2 is 2.00 bits per heavy atom. The summed E-state index contributed by atoms with van der Waals surface area (Å²) < 4.78 is 0. The van der Waals surface area contributed by atoms with E-state index in [2.05, 4.69) is 20.3 Å². The van der Waals surface area contributed by atoms with Crippen LogP contribution in [0.5, 0.6) is 0 Å². The summed E-state index contributed by atoms with van der Waals surface area (Å²) in [7, 11) is 0. The number of rotatable bonds is 3. The summed E-state index contributed by atoms with van der Waals surface area (Å²) in [6.07, 6.45) is 4.16. The Morgan fingerprint density at radius 3 is 2.59 bits per heavy atom. The van der Waals surface area contributed by atoms with E-state index >= 15 is 0 Å². The van der Waals surface area contributed by atoms with E-state index in [1.807, 2.05) is 19.1 Å². The molecule has 2 aromatic heterocycles. The summed E-state index contributed by atoms with van der Waals surface area (Å²) in [4.78, 5) is 22.5. The van der Waals surface area contributed by atoms with E-state index in [9.17, 15) is 4.79 Å². The lowest BCUT2D eigenvalue weighted by Crippen LogP contribution is -2.02. The minimum absolute atomic E-state index is 0.0488. The van der Waals surface area contributed by atoms with Crippen LogP contribution in [0.15, 0.2) is 30.7 Å². The van der Waals surface area contributed by atoms with Crippen LogP contribution in [0, 0.1) is 6.92 Å². The predicted molar refractivity (Wildman–Crippen MR) is 61.2 cm³/mol. The first-order valence-electron chi connectivity index (χ1n) is 4.90. The van der Waals surface area contributed by atoms with Crippen molar-refractivity contribution < 1.29 is 9.90 Å². The zero-order valence-electron chi connectivity index (χ0n) is 9.08. The fraction of sp³-hybridized carbons (Fsp3) is 0.0909. The van der Waals surface area contributed by atoms with E-state index in [1.165, 1.54) is 12.4 Å². The minimum Gasteiger partial charge on any atom is -0.478 e. The number of hydrogen-bond donors (Lipinski definition) is 2. The molecule has 0 aliphatic rings. The van der Waals surface area contributed by atoms with Gasteiger partial charge < -0.3 is 10.4 Å². The van der Waals surface area contributed by atoms with Crippen molar-refractivity contribution in [3.8, 4) is 0 Å². The van der Waals surface area contributed by atoms with Crippen LogP contribution >= 0.6 is 0 Å². The van der Waals surface area contributed by atoms with Gasteiger partial charge in [0.15, 0.2) is 0 Å². The molecule has 0 fully saturated rings. The third-order valence-corrected chi connectivity index (χ3v) is 2.05. The Morgan fingerprint density at radius 1 is 1.29 bits per heavy atom. The summed E-state index contributed by atoms with van der Waals surface area (Å²) in [5, 5.41) is 11.6. The molecule has 0 spiro atoms. The average Bonchev–Trinajstić information content (AvgIpc) is 2.29. The fourth-order valence-electron chi connectivity index (χ4n) is 1.22. The highest BCUT2D eigenvalue weighted by Crippen LogP contribution is 2.10. The molecule has 17 heavy (non-hydrogen) atoms. The van der Waals surface area contributed by atoms with Gasteiger partial charge in [0, 0.05) is 18.6 Å². The molecule has 86 valence electrons. The van der Waals surface area contributed by atoms with Gasteiger partial charge in [-0.1, -0.05) is 0 Å². The first kappa shape index (κ1) is 11.0. The molecule has 0 saturated carbocycles. The first-order valence-corrected chi connectivity index (χ1v) is 4.90. The molecule has 6 heteroatoms. The minimum atomic E-state index is -1.05. The number of hydrogen-bond acceptors (Lipinski definition) is 5. The van der Waals surface area contributed by atoms with Crippen LogP contribution in [0.3, 0.4) is 0 Å². The highest BCUT2D eigenvalue weighted by atomic mass is 16.4. The van der Waals surface area contributed by atoms with E-state index in [0.717, 1.165) is 5.56 Å². The molecule has 2 N–H and O–H groups in total. The molecule has 0 amide bonds. The van der Waals surface area contributed by atoms with E-state index in [4.69, 9.17) is 5.11 Å². The van der Waals surface area contributed by atoms with Gasteiger partial charge in [-0.05, 0) is 24.6 Å². The van der Waals surface area contributed by atoms with Crippen molar-refractivity contribution >= 4 is 17.7 Å². The zero-order valence-corrected chi connectivity index (χ0v) is 9.08. The second-order valence-corrected chi connectivity index (χ2v) is 3.44. The van der Waals surface area contributed by atoms with Crippen molar-refractivity contribution in [2.45, 2.75) is 6.92 Å². The molecule has 2 rings (SSSR count). The predicted octanol–water partition coefficient (Wildman–Crippen LogP) is 1.62. The Bertz CT molecular complexity index is 539. The van der Waals surface area contributed by atoms with Gasteiger partial charge in [-0.3, -0.25) is 0 Å². The van der Waals surface area contributed by atoms with Crippen LogP contribution in [0.2, 0.25) is 0 Å². The fourth-order valence-corrected chi connectivity index (χ4v) is 1.22. The van der Waals surface area contributed by atoms with E-state index < -0.39 is 5.97 Å². The molecule has 0 bridgehead atoms. The smallest absolute Gasteiger partial charge is 0.338 e. The summed E-state index contributed by atoms with van der Waals surface area (Å²) in [6, 6.07) is 3.72. The maximum Gasteiger partial charge on any atom is 0.338 e. The molecule has 0 aliphatic carbocycles. The van der Waals surface area contributed by atoms with E-state index in [-0.39, 0.29) is 5.56 Å². The van der Waals surface area contributed by atoms with Gasteiger partial charge in [0.1, 0.15) is 5.82 Å². The first-order chi connectivity index (χ1) is 8.15. The number of pyridine rings is 1. The van der Waals surface area contributed by atoms with Crippen LogP contribution in [0.1, 0.15) is 15.9 Å².